The molecule has 0 radical (unpaired) electrons. The molecule has 0 saturated carbocycles. The molecule has 4 nitrogen and oxygen atoms in total. The maximum Gasteiger partial charge on any atom is 0.227 e. The van der Waals surface area contributed by atoms with Crippen molar-refractivity contribution in [1.29, 1.82) is 0 Å². The lowest BCUT2D eigenvalue weighted by Crippen LogP contribution is -2.39. The van der Waals surface area contributed by atoms with Crippen LogP contribution in [0.3, 0.4) is 0 Å². The number of halogens is 2. The van der Waals surface area contributed by atoms with Crippen molar-refractivity contribution >= 4 is 5.91 Å². The summed E-state index contributed by atoms with van der Waals surface area (Å²) in [5.41, 5.74) is 1.18. The molecule has 0 aliphatic carbocycles. The number of hydrogen-bond acceptors (Lipinski definition) is 2. The summed E-state index contributed by atoms with van der Waals surface area (Å²) >= 11 is 0. The number of nitrogens with zero attached hydrogens (tertiary/aromatic N) is 3. The highest BCUT2D eigenvalue weighted by Crippen LogP contribution is 2.15. The highest BCUT2D eigenvalue weighted by atomic mass is 19.1. The number of carbonyl (C=O) groups excluding carboxylic acids is 1. The van der Waals surface area contributed by atoms with Crippen LogP contribution >= 0.6 is 0 Å². The Bertz CT molecular complexity index is 654. The molecule has 20 heavy (non-hydrogen) atoms. The Morgan fingerprint density at radius 1 is 1.25 bits per heavy atom. The molecule has 0 atom stereocenters. The van der Waals surface area contributed by atoms with E-state index in [1.807, 2.05) is 10.7 Å². The Hall–Kier alpha value is -2.24. The maximum absolute atomic E-state index is 13.5. The van der Waals surface area contributed by atoms with Crippen LogP contribution in [0.2, 0.25) is 0 Å². The minimum absolute atomic E-state index is 0.0553. The first-order valence-corrected chi connectivity index (χ1v) is 6.36. The van der Waals surface area contributed by atoms with Crippen molar-refractivity contribution in [2.24, 2.45) is 0 Å². The minimum atomic E-state index is -0.680. The Balaban J connectivity index is 1.71. The van der Waals surface area contributed by atoms with E-state index in [2.05, 4.69) is 5.10 Å². The van der Waals surface area contributed by atoms with Crippen molar-refractivity contribution in [3.8, 4) is 0 Å². The molecule has 1 aromatic carbocycles. The lowest BCUT2D eigenvalue weighted by molar-refractivity contribution is -0.132. The molecule has 0 unspecified atom stereocenters. The van der Waals surface area contributed by atoms with Crippen molar-refractivity contribution in [2.45, 2.75) is 19.5 Å². The summed E-state index contributed by atoms with van der Waals surface area (Å²) in [7, 11) is 0. The summed E-state index contributed by atoms with van der Waals surface area (Å²) in [6.07, 6.45) is 1.64. The summed E-state index contributed by atoms with van der Waals surface area (Å²) in [5, 5.41) is 4.14. The molecule has 0 spiro atoms. The van der Waals surface area contributed by atoms with Crippen LogP contribution < -0.4 is 0 Å². The van der Waals surface area contributed by atoms with Gasteiger partial charge in [-0.3, -0.25) is 9.48 Å². The number of fused-ring (bicyclic) bond motifs is 1. The zero-order valence-corrected chi connectivity index (χ0v) is 10.7. The smallest absolute Gasteiger partial charge is 0.227 e. The molecule has 1 aliphatic rings. The number of carbonyl (C=O) groups is 1. The van der Waals surface area contributed by atoms with Gasteiger partial charge in [-0.15, -0.1) is 0 Å². The van der Waals surface area contributed by atoms with Crippen molar-refractivity contribution in [1.82, 2.24) is 14.7 Å². The van der Waals surface area contributed by atoms with Gasteiger partial charge in [-0.2, -0.15) is 5.10 Å². The van der Waals surface area contributed by atoms with Crippen LogP contribution in [0, 0.1) is 11.6 Å². The van der Waals surface area contributed by atoms with Gasteiger partial charge >= 0.3 is 0 Å². The van der Waals surface area contributed by atoms with Crippen molar-refractivity contribution in [3.63, 3.8) is 0 Å². The summed E-state index contributed by atoms with van der Waals surface area (Å²) in [5.74, 6) is -1.48. The molecule has 0 bridgehead atoms. The van der Waals surface area contributed by atoms with Gasteiger partial charge in [0.05, 0.1) is 25.2 Å². The fourth-order valence-electron chi connectivity index (χ4n) is 2.34. The lowest BCUT2D eigenvalue weighted by atomic mass is 10.1. The average molecular weight is 277 g/mol. The zero-order valence-electron chi connectivity index (χ0n) is 10.7. The first kappa shape index (κ1) is 12.8. The number of hydrogen-bond donors (Lipinski definition) is 0. The number of benzene rings is 1. The topological polar surface area (TPSA) is 38.1 Å². The zero-order chi connectivity index (χ0) is 14.1. The van der Waals surface area contributed by atoms with Gasteiger partial charge in [-0.25, -0.2) is 8.78 Å². The number of rotatable bonds is 2. The van der Waals surface area contributed by atoms with Gasteiger partial charge in [0.25, 0.3) is 0 Å². The SMILES string of the molecule is O=C(Cc1ccc(F)cc1F)N1CCn2nccc2C1. The maximum atomic E-state index is 13.5. The molecular formula is C14H13F2N3O. The summed E-state index contributed by atoms with van der Waals surface area (Å²) in [6.45, 7) is 1.66. The number of aromatic nitrogens is 2. The Morgan fingerprint density at radius 3 is 2.90 bits per heavy atom. The normalized spacial score (nSPS) is 14.2. The molecule has 0 N–H and O–H groups in total. The second-order valence-corrected chi connectivity index (χ2v) is 4.77. The van der Waals surface area contributed by atoms with Crippen LogP contribution in [0.15, 0.2) is 30.5 Å². The molecule has 1 aromatic heterocycles. The molecule has 1 aliphatic heterocycles. The molecule has 0 fully saturated rings. The van der Waals surface area contributed by atoms with Crippen LogP contribution in [0.1, 0.15) is 11.3 Å². The average Bonchev–Trinajstić information content (AvgIpc) is 2.89. The van der Waals surface area contributed by atoms with E-state index in [0.717, 1.165) is 17.8 Å². The van der Waals surface area contributed by atoms with Gasteiger partial charge in [0.1, 0.15) is 11.6 Å². The van der Waals surface area contributed by atoms with Crippen molar-refractivity contribution in [2.75, 3.05) is 6.54 Å². The Labute approximate surface area is 114 Å². The van der Waals surface area contributed by atoms with E-state index < -0.39 is 11.6 Å². The van der Waals surface area contributed by atoms with Gasteiger partial charge in [0.15, 0.2) is 0 Å². The fraction of sp³-hybridized carbons (Fsp3) is 0.286. The summed E-state index contributed by atoms with van der Waals surface area (Å²) in [4.78, 5) is 13.8. The largest absolute Gasteiger partial charge is 0.335 e. The fourth-order valence-corrected chi connectivity index (χ4v) is 2.34. The van der Waals surface area contributed by atoms with Crippen LogP contribution in [0.4, 0.5) is 8.78 Å². The van der Waals surface area contributed by atoms with Gasteiger partial charge in [0.2, 0.25) is 5.91 Å². The predicted octanol–water partition coefficient (Wildman–Crippen LogP) is 1.75. The minimum Gasteiger partial charge on any atom is -0.335 e. The molecule has 1 amide bonds. The highest BCUT2D eigenvalue weighted by molar-refractivity contribution is 5.78. The van der Waals surface area contributed by atoms with E-state index in [9.17, 15) is 13.6 Å². The van der Waals surface area contributed by atoms with E-state index >= 15 is 0 Å². The van der Waals surface area contributed by atoms with E-state index in [0.29, 0.717) is 19.6 Å². The standard InChI is InChI=1S/C14H13F2N3O/c15-11-2-1-10(13(16)8-11)7-14(20)18-5-6-19-12(9-18)3-4-17-19/h1-4,8H,5-7,9H2. The number of amides is 1. The monoisotopic (exact) mass is 277 g/mol. The Kier molecular flexibility index (Phi) is 3.22. The third-order valence-electron chi connectivity index (χ3n) is 3.45. The van der Waals surface area contributed by atoms with Crippen molar-refractivity contribution < 1.29 is 13.6 Å². The molecule has 6 heteroatoms. The second-order valence-electron chi connectivity index (χ2n) is 4.77. The summed E-state index contributed by atoms with van der Waals surface area (Å²) in [6, 6.07) is 5.14. The molecule has 3 rings (SSSR count). The first-order chi connectivity index (χ1) is 9.63. The second kappa shape index (κ2) is 5.03. The first-order valence-electron chi connectivity index (χ1n) is 6.36. The van der Waals surface area contributed by atoms with E-state index in [1.54, 1.807) is 11.1 Å². The van der Waals surface area contributed by atoms with Crippen molar-refractivity contribution in [3.05, 3.63) is 53.4 Å². The van der Waals surface area contributed by atoms with Gasteiger partial charge < -0.3 is 4.90 Å². The Morgan fingerprint density at radius 2 is 2.10 bits per heavy atom. The molecule has 104 valence electrons. The van der Waals surface area contributed by atoms with Crippen LogP contribution in [-0.4, -0.2) is 27.1 Å². The molecule has 2 heterocycles. The molecule has 2 aromatic rings. The predicted molar refractivity (Wildman–Crippen MR) is 67.7 cm³/mol. The van der Waals surface area contributed by atoms with Gasteiger partial charge in [-0.05, 0) is 17.7 Å². The molecule has 0 saturated heterocycles. The van der Waals surface area contributed by atoms with Gasteiger partial charge in [-0.1, -0.05) is 6.07 Å². The summed E-state index contributed by atoms with van der Waals surface area (Å²) < 4.78 is 28.2. The molecular weight excluding hydrogens is 264 g/mol. The third kappa shape index (κ3) is 2.41. The quantitative estimate of drug-likeness (QED) is 0.838. The van der Waals surface area contributed by atoms with E-state index in [4.69, 9.17) is 0 Å². The van der Waals surface area contributed by atoms with Gasteiger partial charge in [0, 0.05) is 18.8 Å². The van der Waals surface area contributed by atoms with Crippen LogP contribution in [0.25, 0.3) is 0 Å². The van der Waals surface area contributed by atoms with Crippen LogP contribution in [0.5, 0.6) is 0 Å². The lowest BCUT2D eigenvalue weighted by Gasteiger charge is -2.27. The third-order valence-corrected chi connectivity index (χ3v) is 3.45. The van der Waals surface area contributed by atoms with Crippen LogP contribution in [-0.2, 0) is 24.3 Å². The van der Waals surface area contributed by atoms with E-state index in [-0.39, 0.29) is 17.9 Å². The highest BCUT2D eigenvalue weighted by Gasteiger charge is 2.21. The van der Waals surface area contributed by atoms with E-state index in [1.165, 1.54) is 6.07 Å².